The second-order valence-corrected chi connectivity index (χ2v) is 5.42. The van der Waals surface area contributed by atoms with Crippen molar-refractivity contribution in [3.8, 4) is 0 Å². The highest BCUT2D eigenvalue weighted by Crippen LogP contribution is 2.18. The highest BCUT2D eigenvalue weighted by molar-refractivity contribution is 6.18. The van der Waals surface area contributed by atoms with Crippen molar-refractivity contribution in [3.63, 3.8) is 0 Å². The van der Waals surface area contributed by atoms with E-state index in [1.807, 2.05) is 0 Å². The Morgan fingerprint density at radius 1 is 1.31 bits per heavy atom. The minimum atomic E-state index is 0.616. The highest BCUT2D eigenvalue weighted by Gasteiger charge is 2.28. The summed E-state index contributed by atoms with van der Waals surface area (Å²) >= 11 is 5.86. The van der Waals surface area contributed by atoms with Gasteiger partial charge >= 0.3 is 0 Å². The van der Waals surface area contributed by atoms with Crippen LogP contribution < -0.4 is 0 Å². The second kappa shape index (κ2) is 6.20. The Hall–Kier alpha value is 0.170. The fourth-order valence-corrected chi connectivity index (χ4v) is 2.81. The van der Waals surface area contributed by atoms with E-state index in [2.05, 4.69) is 16.7 Å². The number of hydrogen-bond donors (Lipinski definition) is 0. The lowest BCUT2D eigenvalue weighted by atomic mass is 10.2. The third-order valence-electron chi connectivity index (χ3n) is 3.64. The van der Waals surface area contributed by atoms with Crippen molar-refractivity contribution >= 4 is 11.6 Å². The molecule has 2 heterocycles. The molecule has 0 aromatic carbocycles. The summed E-state index contributed by atoms with van der Waals surface area (Å²) in [7, 11) is 0. The monoisotopic (exact) mass is 246 g/mol. The van der Waals surface area contributed by atoms with Crippen molar-refractivity contribution in [2.24, 2.45) is 5.92 Å². The predicted molar refractivity (Wildman–Crippen MR) is 67.1 cm³/mol. The lowest BCUT2D eigenvalue weighted by Crippen LogP contribution is -2.45. The fraction of sp³-hybridized carbons (Fsp3) is 1.00. The van der Waals surface area contributed by atoms with Gasteiger partial charge in [0.2, 0.25) is 0 Å². The average molecular weight is 247 g/mol. The standard InChI is InChI=1S/C12H23ClN2O/c1-11(8-13)9-14-3-2-12(10-14)15-4-6-16-7-5-15/h11-12H,2-10H2,1H3. The summed E-state index contributed by atoms with van der Waals surface area (Å²) in [4.78, 5) is 5.15. The zero-order chi connectivity index (χ0) is 11.4. The zero-order valence-electron chi connectivity index (χ0n) is 10.2. The molecule has 2 atom stereocenters. The molecule has 2 unspecified atom stereocenters. The smallest absolute Gasteiger partial charge is 0.0594 e. The van der Waals surface area contributed by atoms with Crippen LogP contribution >= 0.6 is 11.6 Å². The number of rotatable bonds is 4. The molecule has 4 heteroatoms. The molecule has 3 nitrogen and oxygen atoms in total. The van der Waals surface area contributed by atoms with Gasteiger partial charge in [0.05, 0.1) is 13.2 Å². The Labute approximate surface area is 104 Å². The maximum Gasteiger partial charge on any atom is 0.0594 e. The molecule has 0 aliphatic carbocycles. The van der Waals surface area contributed by atoms with E-state index in [0.717, 1.165) is 44.8 Å². The van der Waals surface area contributed by atoms with Crippen molar-refractivity contribution in [1.29, 1.82) is 0 Å². The molecule has 0 spiro atoms. The van der Waals surface area contributed by atoms with Crippen molar-refractivity contribution in [2.75, 3.05) is 51.8 Å². The topological polar surface area (TPSA) is 15.7 Å². The zero-order valence-corrected chi connectivity index (χ0v) is 11.0. The van der Waals surface area contributed by atoms with Gasteiger partial charge in [-0.2, -0.15) is 0 Å². The van der Waals surface area contributed by atoms with Gasteiger partial charge in [0.15, 0.2) is 0 Å². The molecule has 2 rings (SSSR count). The summed E-state index contributed by atoms with van der Waals surface area (Å²) in [6, 6.07) is 0.756. The Morgan fingerprint density at radius 2 is 2.06 bits per heavy atom. The van der Waals surface area contributed by atoms with Crippen LogP contribution in [0.2, 0.25) is 0 Å². The number of nitrogens with zero attached hydrogens (tertiary/aromatic N) is 2. The molecule has 2 fully saturated rings. The molecule has 94 valence electrons. The van der Waals surface area contributed by atoms with E-state index in [1.165, 1.54) is 19.5 Å². The van der Waals surface area contributed by atoms with Crippen molar-refractivity contribution in [3.05, 3.63) is 0 Å². The number of hydrogen-bond acceptors (Lipinski definition) is 3. The van der Waals surface area contributed by atoms with E-state index in [4.69, 9.17) is 16.3 Å². The summed E-state index contributed by atoms with van der Waals surface area (Å²) in [6.45, 7) is 9.90. The summed E-state index contributed by atoms with van der Waals surface area (Å²) in [6.07, 6.45) is 1.31. The van der Waals surface area contributed by atoms with E-state index < -0.39 is 0 Å². The van der Waals surface area contributed by atoms with Gasteiger partial charge < -0.3 is 9.64 Å². The largest absolute Gasteiger partial charge is 0.379 e. The molecule has 0 aromatic rings. The summed E-state index contributed by atoms with van der Waals surface area (Å²) in [5.74, 6) is 1.39. The maximum atomic E-state index is 5.86. The third kappa shape index (κ3) is 3.33. The normalized spacial score (nSPS) is 30.8. The Morgan fingerprint density at radius 3 is 2.75 bits per heavy atom. The van der Waals surface area contributed by atoms with Crippen molar-refractivity contribution in [1.82, 2.24) is 9.80 Å². The molecule has 0 amide bonds. The Bertz CT molecular complexity index is 209. The first kappa shape index (κ1) is 12.6. The summed E-state index contributed by atoms with van der Waals surface area (Å²) < 4.78 is 5.40. The molecule has 2 aliphatic heterocycles. The van der Waals surface area contributed by atoms with Gasteiger partial charge in [-0.3, -0.25) is 4.90 Å². The molecular formula is C12H23ClN2O. The fourth-order valence-electron chi connectivity index (χ4n) is 2.71. The lowest BCUT2D eigenvalue weighted by Gasteiger charge is -2.32. The van der Waals surface area contributed by atoms with E-state index in [1.54, 1.807) is 0 Å². The van der Waals surface area contributed by atoms with Crippen LogP contribution in [-0.2, 0) is 4.74 Å². The third-order valence-corrected chi connectivity index (χ3v) is 4.17. The molecular weight excluding hydrogens is 224 g/mol. The number of likely N-dealkylation sites (tertiary alicyclic amines) is 1. The quantitative estimate of drug-likeness (QED) is 0.695. The number of ether oxygens (including phenoxy) is 1. The number of alkyl halides is 1. The van der Waals surface area contributed by atoms with Crippen molar-refractivity contribution < 1.29 is 4.74 Å². The maximum absolute atomic E-state index is 5.86. The summed E-state index contributed by atoms with van der Waals surface area (Å²) in [5.41, 5.74) is 0. The van der Waals surface area contributed by atoms with Crippen LogP contribution in [0.3, 0.4) is 0 Å². The van der Waals surface area contributed by atoms with E-state index in [0.29, 0.717) is 5.92 Å². The highest BCUT2D eigenvalue weighted by atomic mass is 35.5. The van der Waals surface area contributed by atoms with Crippen LogP contribution in [-0.4, -0.2) is 67.7 Å². The van der Waals surface area contributed by atoms with Crippen LogP contribution in [0.5, 0.6) is 0 Å². The van der Waals surface area contributed by atoms with E-state index >= 15 is 0 Å². The second-order valence-electron chi connectivity index (χ2n) is 5.11. The predicted octanol–water partition coefficient (Wildman–Crippen LogP) is 1.27. The first-order valence-corrected chi connectivity index (χ1v) is 6.93. The van der Waals surface area contributed by atoms with Gasteiger partial charge in [0.1, 0.15) is 0 Å². The van der Waals surface area contributed by atoms with E-state index in [9.17, 15) is 0 Å². The van der Waals surface area contributed by atoms with Crippen LogP contribution in [0, 0.1) is 5.92 Å². The lowest BCUT2D eigenvalue weighted by molar-refractivity contribution is 0.0183. The minimum Gasteiger partial charge on any atom is -0.379 e. The van der Waals surface area contributed by atoms with Crippen molar-refractivity contribution in [2.45, 2.75) is 19.4 Å². The van der Waals surface area contributed by atoms with Crippen LogP contribution in [0.15, 0.2) is 0 Å². The SMILES string of the molecule is CC(CCl)CN1CCC(N2CCOCC2)C1. The van der Waals surface area contributed by atoms with Crippen LogP contribution in [0.4, 0.5) is 0 Å². The van der Waals surface area contributed by atoms with Crippen LogP contribution in [0.1, 0.15) is 13.3 Å². The summed E-state index contributed by atoms with van der Waals surface area (Å²) in [5, 5.41) is 0. The van der Waals surface area contributed by atoms with E-state index in [-0.39, 0.29) is 0 Å². The Kier molecular flexibility index (Phi) is 4.89. The molecule has 2 saturated heterocycles. The average Bonchev–Trinajstić information content (AvgIpc) is 2.78. The van der Waals surface area contributed by atoms with Gasteiger partial charge in [0, 0.05) is 38.1 Å². The van der Waals surface area contributed by atoms with Gasteiger partial charge in [0.25, 0.3) is 0 Å². The van der Waals surface area contributed by atoms with Gasteiger partial charge in [-0.1, -0.05) is 6.92 Å². The van der Waals surface area contributed by atoms with Gasteiger partial charge in [-0.25, -0.2) is 0 Å². The number of halogens is 1. The van der Waals surface area contributed by atoms with Crippen LogP contribution in [0.25, 0.3) is 0 Å². The Balaban J connectivity index is 1.74. The molecule has 0 aromatic heterocycles. The molecule has 0 N–H and O–H groups in total. The molecule has 0 radical (unpaired) electrons. The minimum absolute atomic E-state index is 0.616. The molecule has 0 bridgehead atoms. The molecule has 0 saturated carbocycles. The molecule has 2 aliphatic rings. The first-order chi connectivity index (χ1) is 7.79. The molecule has 16 heavy (non-hydrogen) atoms. The van der Waals surface area contributed by atoms with Gasteiger partial charge in [-0.05, 0) is 18.9 Å². The number of morpholine rings is 1. The first-order valence-electron chi connectivity index (χ1n) is 6.39. The van der Waals surface area contributed by atoms with Gasteiger partial charge in [-0.15, -0.1) is 11.6 Å².